The second-order valence-electron chi connectivity index (χ2n) is 15.4. The van der Waals surface area contributed by atoms with Crippen molar-refractivity contribution in [3.8, 4) is 0 Å². The van der Waals surface area contributed by atoms with Crippen molar-refractivity contribution >= 4 is 41.0 Å². The Morgan fingerprint density at radius 1 is 0.476 bits per heavy atom. The third-order valence-corrected chi connectivity index (χ3v) is 7.67. The summed E-state index contributed by atoms with van der Waals surface area (Å²) >= 11 is 0. The number of aliphatic hydroxyl groups is 4. The number of carboxylic acid groups (broad SMARTS) is 1. The molecule has 14 nitrogen and oxygen atoms in total. The highest BCUT2D eigenvalue weighted by Crippen LogP contribution is 2.12. The van der Waals surface area contributed by atoms with Crippen LogP contribution >= 0.6 is 0 Å². The van der Waals surface area contributed by atoms with Gasteiger partial charge in [0, 0.05) is 39.5 Å². The summed E-state index contributed by atoms with van der Waals surface area (Å²) in [7, 11) is 0. The van der Waals surface area contributed by atoms with Crippen molar-refractivity contribution in [3.63, 3.8) is 0 Å². The third-order valence-electron chi connectivity index (χ3n) is 7.67. The van der Waals surface area contributed by atoms with E-state index in [0.717, 1.165) is 83.5 Å². The van der Waals surface area contributed by atoms with Gasteiger partial charge >= 0.3 is 17.9 Å². The summed E-state index contributed by atoms with van der Waals surface area (Å²) in [5, 5.41) is 42.6. The van der Waals surface area contributed by atoms with Crippen LogP contribution in [0.3, 0.4) is 0 Å². The van der Waals surface area contributed by atoms with Gasteiger partial charge in [0.2, 0.25) is 0 Å². The summed E-state index contributed by atoms with van der Waals surface area (Å²) in [6.45, 7) is 20.7. The van der Waals surface area contributed by atoms with E-state index in [1.54, 1.807) is 20.8 Å². The highest BCUT2D eigenvalue weighted by Gasteiger charge is 2.13. The lowest BCUT2D eigenvalue weighted by atomic mass is 10.1. The first-order chi connectivity index (χ1) is 29.1. The summed E-state index contributed by atoms with van der Waals surface area (Å²) in [6.07, 6.45) is 19.5. The number of carbonyl (C=O) groups is 7. The summed E-state index contributed by atoms with van der Waals surface area (Å²) in [6, 6.07) is 0. The van der Waals surface area contributed by atoms with Crippen molar-refractivity contribution in [2.45, 2.75) is 257 Å². The molecule has 0 radical (unpaired) electrons. The van der Waals surface area contributed by atoms with Crippen molar-refractivity contribution < 1.29 is 68.6 Å². The molecule has 0 amide bonds. The number of aliphatic hydroxyl groups excluding tert-OH is 4. The van der Waals surface area contributed by atoms with E-state index < -0.39 is 30.3 Å². The quantitative estimate of drug-likeness (QED) is 0.0347. The van der Waals surface area contributed by atoms with Gasteiger partial charge in [-0.25, -0.2) is 0 Å². The average Bonchev–Trinajstić information content (AvgIpc) is 3.17. The van der Waals surface area contributed by atoms with Crippen molar-refractivity contribution in [1.82, 2.24) is 0 Å². The summed E-state index contributed by atoms with van der Waals surface area (Å²) in [5.74, 6) is -0.495. The number of carbonyl (C=O) groups excluding carboxylic acids is 6. The van der Waals surface area contributed by atoms with E-state index in [9.17, 15) is 33.6 Å². The van der Waals surface area contributed by atoms with E-state index in [0.29, 0.717) is 37.9 Å². The molecule has 0 aromatic heterocycles. The largest absolute Gasteiger partial charge is 0.481 e. The van der Waals surface area contributed by atoms with E-state index in [1.807, 2.05) is 13.8 Å². The normalized spacial score (nSPS) is 10.8. The lowest BCUT2D eigenvalue weighted by Crippen LogP contribution is -2.23. The molecule has 3 unspecified atom stereocenters. The summed E-state index contributed by atoms with van der Waals surface area (Å²) in [5.41, 5.74) is 0. The Hall–Kier alpha value is -3.07. The Morgan fingerprint density at radius 3 is 1.13 bits per heavy atom. The highest BCUT2D eigenvalue weighted by atomic mass is 16.6. The molecule has 0 aromatic carbocycles. The molecule has 3 atom stereocenters. The van der Waals surface area contributed by atoms with Gasteiger partial charge < -0.3 is 54.2 Å². The molecule has 14 heteroatoms. The van der Waals surface area contributed by atoms with E-state index in [1.165, 1.54) is 53.4 Å². The van der Waals surface area contributed by atoms with Crippen LogP contribution in [0.1, 0.15) is 238 Å². The lowest BCUT2D eigenvalue weighted by Gasteiger charge is -2.16. The number of hydrogen-bond donors (Lipinski definition) is 5. The molecule has 0 bridgehead atoms. The first kappa shape index (κ1) is 77.2. The Morgan fingerprint density at radius 2 is 0.841 bits per heavy atom. The van der Waals surface area contributed by atoms with Crippen LogP contribution in [0.5, 0.6) is 0 Å². The van der Waals surface area contributed by atoms with E-state index in [4.69, 9.17) is 35.0 Å². The van der Waals surface area contributed by atoms with Crippen molar-refractivity contribution in [3.05, 3.63) is 0 Å². The van der Waals surface area contributed by atoms with Gasteiger partial charge in [-0.05, 0) is 86.0 Å². The molecule has 0 saturated carbocycles. The van der Waals surface area contributed by atoms with Crippen LogP contribution in [0.2, 0.25) is 0 Å². The first-order valence-electron chi connectivity index (χ1n) is 23.1. The van der Waals surface area contributed by atoms with Crippen LogP contribution in [-0.4, -0.2) is 105 Å². The number of Topliss-reactive ketones (excluding diaryl/α,β-unsaturated/α-hetero) is 4. The standard InChI is InChI=1S/C14H24O6.C11H22O3.C8H16O.C5H10O.C4H10O2.C3H6O.C3H8.CH4/c1-11(15)19-10-13(20-12(2)16)8-6-4-3-5-7-9-14(17)18;1-10(13)7-5-3-2-4-6-8-11(14)9-12;1-3-4-5-6-7-8(2)9;1-3-4-5(2)6;1-2-4(6)3-5;1-3(2)4;1-3-2;/h13H,3-10H2,1-2H3,(H,17,18);11-12,14H,2-9H2,1H3;3-7H2,1-2H3;3-4H2,1-2H3;4-6H,2-3H2,1H3;1-2H3;3H2,1-2H3;1H4. The molecule has 5 N–H and O–H groups in total. The first-order valence-corrected chi connectivity index (χ1v) is 23.1. The minimum absolute atomic E-state index is 0. The molecule has 0 aliphatic heterocycles. The van der Waals surface area contributed by atoms with Crippen molar-refractivity contribution in [2.75, 3.05) is 19.8 Å². The predicted octanol–water partition coefficient (Wildman–Crippen LogP) is 10.3. The fraction of sp³-hybridized carbons (Fsp3) is 0.857. The Bertz CT molecular complexity index is 1010. The number of unbranched alkanes of at least 4 members (excludes halogenated alkanes) is 11. The van der Waals surface area contributed by atoms with E-state index in [-0.39, 0.29) is 57.0 Å². The van der Waals surface area contributed by atoms with Crippen molar-refractivity contribution in [1.29, 1.82) is 0 Å². The van der Waals surface area contributed by atoms with E-state index >= 15 is 0 Å². The second-order valence-corrected chi connectivity index (χ2v) is 15.4. The maximum absolute atomic E-state index is 10.9. The van der Waals surface area contributed by atoms with Gasteiger partial charge in [-0.1, -0.05) is 113 Å². The van der Waals surface area contributed by atoms with Crippen LogP contribution in [0, 0.1) is 0 Å². The molecular weight excluding hydrogens is 813 g/mol. The minimum Gasteiger partial charge on any atom is -0.481 e. The predicted molar refractivity (Wildman–Crippen MR) is 256 cm³/mol. The zero-order valence-corrected chi connectivity index (χ0v) is 41.5. The molecule has 0 aliphatic rings. The Kier molecular flexibility index (Phi) is 80.3. The molecule has 380 valence electrons. The number of ether oxygens (including phenoxy) is 2. The average molecular weight is 913 g/mol. The molecule has 0 rings (SSSR count). The SMILES string of the molecule is C.CC(=O)CCCCCCCC(O)CO.CC(=O)OCC(CCCCCCCC(=O)O)OC(C)=O.CC(C)=O.CCC.CCC(O)CO.CCCC(C)=O.CCCCCCC(C)=O. The molecule has 0 heterocycles. The summed E-state index contributed by atoms with van der Waals surface area (Å²) < 4.78 is 9.91. The van der Waals surface area contributed by atoms with Gasteiger partial charge in [0.1, 0.15) is 35.8 Å². The fourth-order valence-electron chi connectivity index (χ4n) is 4.46. The maximum atomic E-state index is 10.9. The van der Waals surface area contributed by atoms with Gasteiger partial charge in [-0.2, -0.15) is 0 Å². The minimum atomic E-state index is -0.763. The lowest BCUT2D eigenvalue weighted by molar-refractivity contribution is -0.156. The fourth-order valence-corrected chi connectivity index (χ4v) is 4.46. The number of hydrogen-bond acceptors (Lipinski definition) is 13. The number of carboxylic acids is 1. The van der Waals surface area contributed by atoms with E-state index in [2.05, 4.69) is 20.8 Å². The van der Waals surface area contributed by atoms with Crippen LogP contribution in [0.15, 0.2) is 0 Å². The van der Waals surface area contributed by atoms with Gasteiger partial charge in [0.15, 0.2) is 0 Å². The molecule has 0 fully saturated rings. The maximum Gasteiger partial charge on any atom is 0.303 e. The second kappa shape index (κ2) is 65.5. The van der Waals surface area contributed by atoms with Gasteiger partial charge in [0.05, 0.1) is 25.4 Å². The van der Waals surface area contributed by atoms with Crippen molar-refractivity contribution in [2.24, 2.45) is 0 Å². The van der Waals surface area contributed by atoms with Crippen LogP contribution in [-0.2, 0) is 43.0 Å². The summed E-state index contributed by atoms with van der Waals surface area (Å²) in [4.78, 5) is 72.5. The molecule has 0 aliphatic carbocycles. The van der Waals surface area contributed by atoms with Gasteiger partial charge in [0.25, 0.3) is 0 Å². The highest BCUT2D eigenvalue weighted by molar-refractivity contribution is 5.76. The number of rotatable bonds is 29. The van der Waals surface area contributed by atoms with Crippen LogP contribution in [0.4, 0.5) is 0 Å². The Balaban J connectivity index is -0.000000102. The molecular formula is C49H100O14. The number of ketones is 4. The Labute approximate surface area is 385 Å². The topological polar surface area (TPSA) is 239 Å². The third kappa shape index (κ3) is 114. The smallest absolute Gasteiger partial charge is 0.303 e. The zero-order chi connectivity index (χ0) is 49.6. The molecule has 0 saturated heterocycles. The molecule has 63 heavy (non-hydrogen) atoms. The number of aliphatic carboxylic acids is 1. The zero-order valence-electron chi connectivity index (χ0n) is 41.5. The van der Waals surface area contributed by atoms with Crippen LogP contribution < -0.4 is 0 Å². The molecule has 0 aromatic rings. The van der Waals surface area contributed by atoms with Gasteiger partial charge in [-0.15, -0.1) is 0 Å². The van der Waals surface area contributed by atoms with Gasteiger partial charge in [-0.3, -0.25) is 14.4 Å². The number of esters is 2. The van der Waals surface area contributed by atoms with Crippen LogP contribution in [0.25, 0.3) is 0 Å². The monoisotopic (exact) mass is 913 g/mol. The molecule has 0 spiro atoms.